The van der Waals surface area contributed by atoms with E-state index < -0.39 is 0 Å². The van der Waals surface area contributed by atoms with Crippen molar-refractivity contribution in [2.75, 3.05) is 17.5 Å². The summed E-state index contributed by atoms with van der Waals surface area (Å²) >= 11 is 1.66. The van der Waals surface area contributed by atoms with Crippen LogP contribution in [0.2, 0.25) is 0 Å². The van der Waals surface area contributed by atoms with Crippen LogP contribution in [0.25, 0.3) is 22.5 Å². The van der Waals surface area contributed by atoms with Crippen LogP contribution >= 0.6 is 21.6 Å². The number of benzene rings is 2. The molecule has 0 radical (unpaired) electrons. The third-order valence-corrected chi connectivity index (χ3v) is 6.11. The molecule has 1 atom stereocenters. The fraction of sp³-hybridized carbons (Fsp3) is 0.333. The molecular formula is C21H25N5OPRbS. The first-order valence-corrected chi connectivity index (χ1v) is 11.2. The van der Waals surface area contributed by atoms with E-state index in [0.29, 0.717) is 0 Å². The Kier molecular flexibility index (Phi) is 10.5. The van der Waals surface area contributed by atoms with Gasteiger partial charge >= 0.3 is 58.2 Å². The summed E-state index contributed by atoms with van der Waals surface area (Å²) in [6, 6.07) is 16.7. The van der Waals surface area contributed by atoms with Crippen LogP contribution in [0.3, 0.4) is 0 Å². The van der Waals surface area contributed by atoms with Crippen LogP contribution in [0, 0.1) is 0 Å². The second kappa shape index (κ2) is 12.8. The van der Waals surface area contributed by atoms with E-state index in [4.69, 9.17) is 4.52 Å². The Balaban J connectivity index is 0.00000256. The number of hydrogen-bond donors (Lipinski definition) is 1. The Morgan fingerprint density at radius 2 is 1.80 bits per heavy atom. The standard InChI is InChI=1S/C21H25N5OPS.Rb/c28-27-14-8-2-1-7-13-22-29-26-15-16-9-3-4-10-17(16)20-21(24-25-23-20)18-11-5-6-12-19(18)26;/h3-6,9-12,22H,1-2,7-8,13-15,28H2;/q-1;+1. The molecule has 1 N–H and O–H groups in total. The van der Waals surface area contributed by atoms with Crippen LogP contribution in [0.1, 0.15) is 31.2 Å². The monoisotopic (exact) mass is 511 g/mol. The Morgan fingerprint density at radius 3 is 2.67 bits per heavy atom. The molecule has 9 heteroatoms. The first-order valence-electron chi connectivity index (χ1n) is 9.91. The summed E-state index contributed by atoms with van der Waals surface area (Å²) in [5.74, 6) is 0. The molecule has 1 unspecified atom stereocenters. The van der Waals surface area contributed by atoms with Crippen molar-refractivity contribution in [3.8, 4) is 22.5 Å². The van der Waals surface area contributed by atoms with Crippen molar-refractivity contribution >= 4 is 27.3 Å². The molecular weight excluding hydrogens is 487 g/mol. The van der Waals surface area contributed by atoms with E-state index in [0.717, 1.165) is 60.7 Å². The van der Waals surface area contributed by atoms with Gasteiger partial charge in [-0.15, -0.1) is 0 Å². The molecule has 0 bridgehead atoms. The SMILES string of the molecule is POCCCCCCNSN1Cc2ccccc2-c2nn[n-]c2-c2ccccc21.[Rb+]. The van der Waals surface area contributed by atoms with Gasteiger partial charge in [0, 0.05) is 33.7 Å². The predicted molar refractivity (Wildman–Crippen MR) is 122 cm³/mol. The smallest absolute Gasteiger partial charge is 0.366 e. The fourth-order valence-electron chi connectivity index (χ4n) is 3.53. The molecule has 0 amide bonds. The van der Waals surface area contributed by atoms with Gasteiger partial charge in [-0.2, -0.15) is 0 Å². The van der Waals surface area contributed by atoms with Crippen LogP contribution in [-0.2, 0) is 11.1 Å². The zero-order valence-electron chi connectivity index (χ0n) is 17.3. The number of para-hydroxylation sites is 1. The van der Waals surface area contributed by atoms with Crippen molar-refractivity contribution < 1.29 is 62.7 Å². The molecule has 0 spiro atoms. The molecule has 1 aliphatic rings. The summed E-state index contributed by atoms with van der Waals surface area (Å²) in [5, 5.41) is 12.7. The van der Waals surface area contributed by atoms with Crippen LogP contribution in [0.5, 0.6) is 0 Å². The summed E-state index contributed by atoms with van der Waals surface area (Å²) in [5.41, 5.74) is 6.21. The van der Waals surface area contributed by atoms with E-state index in [1.54, 1.807) is 12.1 Å². The molecule has 0 saturated carbocycles. The van der Waals surface area contributed by atoms with Gasteiger partial charge in [-0.3, -0.25) is 9.52 Å². The second-order valence-corrected chi connectivity index (χ2v) is 8.21. The summed E-state index contributed by atoms with van der Waals surface area (Å²) in [7, 11) is 2.31. The fourth-order valence-corrected chi connectivity index (χ4v) is 4.55. The Labute approximate surface area is 233 Å². The number of anilines is 1. The van der Waals surface area contributed by atoms with Gasteiger partial charge in [0.1, 0.15) is 0 Å². The largest absolute Gasteiger partial charge is 1.00 e. The van der Waals surface area contributed by atoms with Crippen molar-refractivity contribution in [1.82, 2.24) is 20.1 Å². The zero-order chi connectivity index (χ0) is 19.9. The van der Waals surface area contributed by atoms with Crippen molar-refractivity contribution in [3.05, 3.63) is 54.1 Å². The normalized spacial score (nSPS) is 12.2. The van der Waals surface area contributed by atoms with Crippen LogP contribution in [0.4, 0.5) is 5.69 Å². The van der Waals surface area contributed by atoms with Gasteiger partial charge in [-0.1, -0.05) is 55.3 Å². The molecule has 152 valence electrons. The third kappa shape index (κ3) is 6.02. The van der Waals surface area contributed by atoms with Crippen molar-refractivity contribution in [1.29, 1.82) is 0 Å². The summed E-state index contributed by atoms with van der Waals surface area (Å²) < 4.78 is 10.9. The average Bonchev–Trinajstić information content (AvgIpc) is 3.23. The van der Waals surface area contributed by atoms with E-state index >= 15 is 0 Å². The van der Waals surface area contributed by atoms with Gasteiger partial charge in [-0.05, 0) is 41.4 Å². The second-order valence-electron chi connectivity index (χ2n) is 6.97. The molecule has 6 nitrogen and oxygen atoms in total. The van der Waals surface area contributed by atoms with Gasteiger partial charge in [-0.25, -0.2) is 4.72 Å². The van der Waals surface area contributed by atoms with Crippen molar-refractivity contribution in [3.63, 3.8) is 0 Å². The third-order valence-electron chi connectivity index (χ3n) is 4.99. The Morgan fingerprint density at radius 1 is 1.03 bits per heavy atom. The van der Waals surface area contributed by atoms with Gasteiger partial charge in [0.15, 0.2) is 0 Å². The number of nitrogens with zero attached hydrogens (tertiary/aromatic N) is 4. The maximum Gasteiger partial charge on any atom is 1.00 e. The molecule has 1 aliphatic heterocycles. The van der Waals surface area contributed by atoms with Crippen LogP contribution in [-0.4, -0.2) is 23.5 Å². The molecule has 30 heavy (non-hydrogen) atoms. The minimum atomic E-state index is 0. The number of rotatable bonds is 9. The number of hydrogen-bond acceptors (Lipinski definition) is 6. The summed E-state index contributed by atoms with van der Waals surface area (Å²) in [6.07, 6.45) is 4.67. The van der Waals surface area contributed by atoms with Crippen LogP contribution in [0.15, 0.2) is 48.5 Å². The first-order chi connectivity index (χ1) is 14.4. The minimum absolute atomic E-state index is 0. The van der Waals surface area contributed by atoms with Gasteiger partial charge < -0.3 is 14.7 Å². The first kappa shape index (κ1) is 24.5. The maximum atomic E-state index is 5.03. The van der Waals surface area contributed by atoms with E-state index in [1.165, 1.54) is 18.4 Å². The van der Waals surface area contributed by atoms with E-state index in [1.807, 2.05) is 12.1 Å². The van der Waals surface area contributed by atoms with Gasteiger partial charge in [0.05, 0.1) is 18.8 Å². The van der Waals surface area contributed by atoms with E-state index in [-0.39, 0.29) is 58.2 Å². The number of aromatic nitrogens is 3. The Bertz CT molecular complexity index is 941. The molecule has 1 aromatic heterocycles. The molecule has 2 heterocycles. The predicted octanol–water partition coefficient (Wildman–Crippen LogP) is 1.61. The van der Waals surface area contributed by atoms with Gasteiger partial charge in [0.2, 0.25) is 0 Å². The van der Waals surface area contributed by atoms with E-state index in [2.05, 4.69) is 70.3 Å². The Hall–Kier alpha value is -0.115. The number of nitrogens with one attached hydrogen (secondary N) is 1. The summed E-state index contributed by atoms with van der Waals surface area (Å²) in [6.45, 7) is 2.57. The molecule has 0 saturated heterocycles. The molecule has 2 aromatic carbocycles. The summed E-state index contributed by atoms with van der Waals surface area (Å²) in [4.78, 5) is 0. The number of fused-ring (bicyclic) bond motifs is 5. The zero-order valence-corrected chi connectivity index (χ0v) is 24.1. The molecule has 3 aromatic rings. The van der Waals surface area contributed by atoms with Gasteiger partial charge in [0.25, 0.3) is 0 Å². The topological polar surface area (TPSA) is 64.4 Å². The molecule has 0 aliphatic carbocycles. The molecule has 0 fully saturated rings. The quantitative estimate of drug-likeness (QED) is 0.266. The minimum Gasteiger partial charge on any atom is -0.366 e. The number of unbranched alkanes of at least 4 members (excludes halogenated alkanes) is 3. The van der Waals surface area contributed by atoms with Crippen molar-refractivity contribution in [2.45, 2.75) is 32.2 Å². The maximum absolute atomic E-state index is 5.03. The average molecular weight is 512 g/mol. The van der Waals surface area contributed by atoms with Crippen molar-refractivity contribution in [2.24, 2.45) is 0 Å². The molecule has 4 rings (SSSR count). The van der Waals surface area contributed by atoms with Crippen LogP contribution < -0.4 is 72.3 Å². The van der Waals surface area contributed by atoms with E-state index in [9.17, 15) is 0 Å².